The fourth-order valence-electron chi connectivity index (χ4n) is 1.76. The number of nitrogens with one attached hydrogen (secondary N) is 1. The van der Waals surface area contributed by atoms with Crippen molar-refractivity contribution in [3.8, 4) is 5.75 Å². The van der Waals surface area contributed by atoms with Crippen LogP contribution in [0.5, 0.6) is 5.75 Å². The zero-order chi connectivity index (χ0) is 14.5. The number of anilines is 1. The maximum atomic E-state index is 10.9. The molecule has 1 N–H and O–H groups in total. The van der Waals surface area contributed by atoms with E-state index >= 15 is 0 Å². The summed E-state index contributed by atoms with van der Waals surface area (Å²) in [6.45, 7) is 0.479. The topological polar surface area (TPSA) is 64.4 Å². The van der Waals surface area contributed by atoms with Gasteiger partial charge in [0.25, 0.3) is 0 Å². The first-order chi connectivity index (χ1) is 9.60. The number of hydrogen-bond acceptors (Lipinski definition) is 4. The van der Waals surface area contributed by atoms with Gasteiger partial charge in [-0.05, 0) is 35.9 Å². The van der Waals surface area contributed by atoms with Gasteiger partial charge in [-0.15, -0.1) is 0 Å². The second kappa shape index (κ2) is 6.25. The molecule has 0 aliphatic rings. The van der Waals surface area contributed by atoms with Crippen molar-refractivity contribution < 1.29 is 9.66 Å². The molecule has 2 aromatic carbocycles. The molecule has 0 amide bonds. The van der Waals surface area contributed by atoms with Gasteiger partial charge in [0.2, 0.25) is 0 Å². The second-order valence-electron chi connectivity index (χ2n) is 4.12. The van der Waals surface area contributed by atoms with E-state index in [-0.39, 0.29) is 11.4 Å². The smallest absolute Gasteiger partial charge is 0.311 e. The zero-order valence-corrected chi connectivity index (χ0v) is 11.6. The molecule has 0 heterocycles. The van der Waals surface area contributed by atoms with Crippen molar-refractivity contribution in [3.63, 3.8) is 0 Å². The van der Waals surface area contributed by atoms with Crippen LogP contribution in [-0.2, 0) is 6.54 Å². The molecule has 0 fully saturated rings. The fraction of sp³-hybridized carbons (Fsp3) is 0.143. The number of nitro benzene ring substituents is 1. The molecular formula is C14H13ClN2O3. The second-order valence-corrected chi connectivity index (χ2v) is 4.56. The van der Waals surface area contributed by atoms with Gasteiger partial charge in [-0.3, -0.25) is 10.1 Å². The number of ether oxygens (including phenoxy) is 1. The van der Waals surface area contributed by atoms with E-state index in [1.165, 1.54) is 13.2 Å². The molecule has 0 radical (unpaired) electrons. The van der Waals surface area contributed by atoms with Crippen LogP contribution in [0, 0.1) is 10.1 Å². The Kier molecular flexibility index (Phi) is 4.42. The maximum Gasteiger partial charge on any atom is 0.311 e. The lowest BCUT2D eigenvalue weighted by molar-refractivity contribution is -0.385. The number of halogens is 1. The minimum atomic E-state index is -0.454. The summed E-state index contributed by atoms with van der Waals surface area (Å²) in [5.74, 6) is 0.255. The van der Waals surface area contributed by atoms with Gasteiger partial charge in [0.15, 0.2) is 5.75 Å². The van der Waals surface area contributed by atoms with Crippen LogP contribution in [0.25, 0.3) is 0 Å². The first-order valence-electron chi connectivity index (χ1n) is 5.91. The van der Waals surface area contributed by atoms with Crippen molar-refractivity contribution in [3.05, 3.63) is 63.2 Å². The highest BCUT2D eigenvalue weighted by Gasteiger charge is 2.14. The minimum Gasteiger partial charge on any atom is -0.490 e. The highest BCUT2D eigenvalue weighted by Crippen LogP contribution is 2.27. The Morgan fingerprint density at radius 2 is 1.95 bits per heavy atom. The van der Waals surface area contributed by atoms with Crippen molar-refractivity contribution in [1.29, 1.82) is 0 Å². The molecule has 0 atom stereocenters. The Balaban J connectivity index is 2.11. The van der Waals surface area contributed by atoms with Gasteiger partial charge in [0.1, 0.15) is 0 Å². The van der Waals surface area contributed by atoms with E-state index in [4.69, 9.17) is 16.3 Å². The molecular weight excluding hydrogens is 280 g/mol. The largest absolute Gasteiger partial charge is 0.490 e. The summed E-state index contributed by atoms with van der Waals surface area (Å²) >= 11 is 5.80. The molecule has 5 nitrogen and oxygen atoms in total. The molecule has 0 saturated heterocycles. The standard InChI is InChI=1S/C14H13ClN2O3/c1-20-14-7-2-10(8-13(14)17(18)19)9-16-12-5-3-11(15)4-6-12/h2-8,16H,9H2,1H3. The quantitative estimate of drug-likeness (QED) is 0.671. The lowest BCUT2D eigenvalue weighted by Crippen LogP contribution is -2.01. The van der Waals surface area contributed by atoms with Gasteiger partial charge in [-0.2, -0.15) is 0 Å². The van der Waals surface area contributed by atoms with Crippen LogP contribution in [0.2, 0.25) is 5.02 Å². The van der Waals surface area contributed by atoms with E-state index in [1.54, 1.807) is 24.3 Å². The van der Waals surface area contributed by atoms with Gasteiger partial charge in [-0.25, -0.2) is 0 Å². The van der Waals surface area contributed by atoms with Crippen molar-refractivity contribution in [2.45, 2.75) is 6.54 Å². The van der Waals surface area contributed by atoms with Crippen LogP contribution in [0.4, 0.5) is 11.4 Å². The van der Waals surface area contributed by atoms with E-state index in [9.17, 15) is 10.1 Å². The predicted octanol–water partition coefficient (Wildman–Crippen LogP) is 3.87. The van der Waals surface area contributed by atoms with Crippen LogP contribution < -0.4 is 10.1 Å². The Morgan fingerprint density at radius 1 is 1.25 bits per heavy atom. The van der Waals surface area contributed by atoms with Crippen LogP contribution in [0.3, 0.4) is 0 Å². The molecule has 0 aliphatic carbocycles. The predicted molar refractivity (Wildman–Crippen MR) is 78.4 cm³/mol. The van der Waals surface area contributed by atoms with Gasteiger partial charge in [0.05, 0.1) is 12.0 Å². The van der Waals surface area contributed by atoms with Crippen molar-refractivity contribution in [2.75, 3.05) is 12.4 Å². The molecule has 6 heteroatoms. The molecule has 0 unspecified atom stereocenters. The van der Waals surface area contributed by atoms with Crippen molar-refractivity contribution in [2.24, 2.45) is 0 Å². The van der Waals surface area contributed by atoms with Crippen LogP contribution in [-0.4, -0.2) is 12.0 Å². The molecule has 0 bridgehead atoms. The summed E-state index contributed by atoms with van der Waals surface area (Å²) in [6, 6.07) is 12.1. The van der Waals surface area contributed by atoms with E-state index < -0.39 is 4.92 Å². The highest BCUT2D eigenvalue weighted by atomic mass is 35.5. The molecule has 0 aromatic heterocycles. The highest BCUT2D eigenvalue weighted by molar-refractivity contribution is 6.30. The normalized spacial score (nSPS) is 10.1. The monoisotopic (exact) mass is 292 g/mol. The first kappa shape index (κ1) is 14.1. The summed E-state index contributed by atoms with van der Waals surface area (Å²) < 4.78 is 4.96. The average molecular weight is 293 g/mol. The minimum absolute atomic E-state index is 0.0390. The average Bonchev–Trinajstić information content (AvgIpc) is 2.46. The van der Waals surface area contributed by atoms with E-state index in [2.05, 4.69) is 5.32 Å². The number of nitro groups is 1. The Morgan fingerprint density at radius 3 is 2.55 bits per heavy atom. The van der Waals surface area contributed by atoms with Crippen LogP contribution in [0.1, 0.15) is 5.56 Å². The molecule has 0 spiro atoms. The number of nitrogens with zero attached hydrogens (tertiary/aromatic N) is 1. The molecule has 104 valence electrons. The van der Waals surface area contributed by atoms with E-state index in [0.29, 0.717) is 11.6 Å². The van der Waals surface area contributed by atoms with Crippen molar-refractivity contribution >= 4 is 23.0 Å². The van der Waals surface area contributed by atoms with Gasteiger partial charge in [-0.1, -0.05) is 17.7 Å². The molecule has 0 aliphatic heterocycles. The van der Waals surface area contributed by atoms with Crippen LogP contribution >= 0.6 is 11.6 Å². The molecule has 2 rings (SSSR count). The zero-order valence-electron chi connectivity index (χ0n) is 10.8. The van der Waals surface area contributed by atoms with E-state index in [1.807, 2.05) is 12.1 Å². The van der Waals surface area contributed by atoms with Gasteiger partial charge >= 0.3 is 5.69 Å². The summed E-state index contributed by atoms with van der Waals surface area (Å²) in [5.41, 5.74) is 1.66. The van der Waals surface area contributed by atoms with E-state index in [0.717, 1.165) is 11.3 Å². The number of rotatable bonds is 5. The number of hydrogen-bond donors (Lipinski definition) is 1. The number of benzene rings is 2. The SMILES string of the molecule is COc1ccc(CNc2ccc(Cl)cc2)cc1[N+](=O)[O-]. The Hall–Kier alpha value is -2.27. The Labute approximate surface area is 121 Å². The first-order valence-corrected chi connectivity index (χ1v) is 6.28. The molecule has 0 saturated carbocycles. The third-order valence-electron chi connectivity index (χ3n) is 2.78. The summed E-state index contributed by atoms with van der Waals surface area (Å²) in [6.07, 6.45) is 0. The lowest BCUT2D eigenvalue weighted by Gasteiger charge is -2.08. The summed E-state index contributed by atoms with van der Waals surface area (Å²) in [5, 5.41) is 14.8. The van der Waals surface area contributed by atoms with Gasteiger partial charge in [0, 0.05) is 23.3 Å². The Bertz CT molecular complexity index is 614. The molecule has 2 aromatic rings. The lowest BCUT2D eigenvalue weighted by atomic mass is 10.2. The molecule has 20 heavy (non-hydrogen) atoms. The van der Waals surface area contributed by atoms with Crippen LogP contribution in [0.15, 0.2) is 42.5 Å². The van der Waals surface area contributed by atoms with Gasteiger partial charge < -0.3 is 10.1 Å². The fourth-order valence-corrected chi connectivity index (χ4v) is 1.89. The van der Waals surface area contributed by atoms with Crippen molar-refractivity contribution in [1.82, 2.24) is 0 Å². The third kappa shape index (κ3) is 3.39. The number of methoxy groups -OCH3 is 1. The maximum absolute atomic E-state index is 10.9. The summed E-state index contributed by atoms with van der Waals surface area (Å²) in [4.78, 5) is 10.5. The third-order valence-corrected chi connectivity index (χ3v) is 3.03. The summed E-state index contributed by atoms with van der Waals surface area (Å²) in [7, 11) is 1.41.